The molecule has 0 unspecified atom stereocenters. The molecule has 0 aliphatic carbocycles. The van der Waals surface area contributed by atoms with Gasteiger partial charge in [-0.05, 0) is 72.8 Å². The molecule has 6 heteroatoms. The highest BCUT2D eigenvalue weighted by molar-refractivity contribution is 5.95. The average Bonchev–Trinajstić information content (AvgIpc) is 2.82. The van der Waals surface area contributed by atoms with Gasteiger partial charge in [-0.25, -0.2) is 8.78 Å². The summed E-state index contributed by atoms with van der Waals surface area (Å²) in [4.78, 5) is 9.19. The number of pyridine rings is 1. The summed E-state index contributed by atoms with van der Waals surface area (Å²) in [6.45, 7) is 4.21. The molecule has 4 nitrogen and oxygen atoms in total. The fourth-order valence-corrected chi connectivity index (χ4v) is 4.09. The Hall–Kier alpha value is -3.51. The molecular weight excluding hydrogens is 406 g/mol. The number of likely N-dealkylation sites (N-methyl/N-ethyl adjacent to an activating group) is 1. The molecule has 0 saturated carbocycles. The number of piperazine rings is 1. The van der Waals surface area contributed by atoms with Crippen LogP contribution in [-0.4, -0.2) is 43.1 Å². The number of nitrogens with zero attached hydrogens (tertiary/aromatic N) is 3. The number of rotatable bonds is 4. The Bertz CT molecular complexity index is 1250. The Kier molecular flexibility index (Phi) is 5.45. The minimum atomic E-state index is -0.854. The van der Waals surface area contributed by atoms with Crippen LogP contribution in [0.25, 0.3) is 22.0 Å². The van der Waals surface area contributed by atoms with Crippen LogP contribution in [0.4, 0.5) is 25.8 Å². The Morgan fingerprint density at radius 1 is 0.781 bits per heavy atom. The standard InChI is InChI=1S/C26H24F2N4/c1-31-12-14-32(15-13-31)21-6-4-20(5-7-21)30-26-10-11-29-25-9-3-18(16-22(25)26)19-2-8-23(27)24(28)17-19/h2-11,16-17H,12-15H2,1H3,(H,29,30). The van der Waals surface area contributed by atoms with Crippen LogP contribution in [0.2, 0.25) is 0 Å². The summed E-state index contributed by atoms with van der Waals surface area (Å²) < 4.78 is 27.1. The van der Waals surface area contributed by atoms with Crippen molar-refractivity contribution in [1.82, 2.24) is 9.88 Å². The quantitative estimate of drug-likeness (QED) is 0.452. The van der Waals surface area contributed by atoms with Gasteiger partial charge in [-0.15, -0.1) is 0 Å². The van der Waals surface area contributed by atoms with Gasteiger partial charge >= 0.3 is 0 Å². The summed E-state index contributed by atoms with van der Waals surface area (Å²) >= 11 is 0. The maximum absolute atomic E-state index is 13.7. The van der Waals surface area contributed by atoms with Gasteiger partial charge in [0.15, 0.2) is 11.6 Å². The third-order valence-corrected chi connectivity index (χ3v) is 6.01. The first-order valence-corrected chi connectivity index (χ1v) is 10.7. The van der Waals surface area contributed by atoms with Crippen LogP contribution in [0.1, 0.15) is 0 Å². The van der Waals surface area contributed by atoms with Crippen LogP contribution < -0.4 is 10.2 Å². The highest BCUT2D eigenvalue weighted by Crippen LogP contribution is 2.31. The van der Waals surface area contributed by atoms with E-state index in [1.165, 1.54) is 11.8 Å². The van der Waals surface area contributed by atoms with Crippen molar-refractivity contribution < 1.29 is 8.78 Å². The summed E-state index contributed by atoms with van der Waals surface area (Å²) in [6, 6.07) is 20.0. The Morgan fingerprint density at radius 3 is 2.25 bits per heavy atom. The predicted octanol–water partition coefficient (Wildman–Crippen LogP) is 5.68. The van der Waals surface area contributed by atoms with E-state index in [1.54, 1.807) is 12.3 Å². The number of aromatic nitrogens is 1. The lowest BCUT2D eigenvalue weighted by molar-refractivity contribution is 0.313. The van der Waals surface area contributed by atoms with Crippen molar-refractivity contribution >= 4 is 28.0 Å². The van der Waals surface area contributed by atoms with E-state index in [1.807, 2.05) is 24.3 Å². The molecule has 1 N–H and O–H groups in total. The maximum atomic E-state index is 13.7. The van der Waals surface area contributed by atoms with Crippen LogP contribution in [0.15, 0.2) is 72.9 Å². The predicted molar refractivity (Wildman–Crippen MR) is 127 cm³/mol. The number of halogens is 2. The van der Waals surface area contributed by atoms with Gasteiger partial charge in [0, 0.05) is 54.8 Å². The van der Waals surface area contributed by atoms with E-state index in [0.29, 0.717) is 5.56 Å². The molecule has 0 amide bonds. The molecule has 32 heavy (non-hydrogen) atoms. The second-order valence-electron chi connectivity index (χ2n) is 8.18. The number of hydrogen-bond donors (Lipinski definition) is 1. The topological polar surface area (TPSA) is 31.4 Å². The zero-order valence-corrected chi connectivity index (χ0v) is 17.9. The Balaban J connectivity index is 1.42. The van der Waals surface area contributed by atoms with Crippen molar-refractivity contribution in [2.75, 3.05) is 43.4 Å². The molecule has 1 aromatic heterocycles. The van der Waals surface area contributed by atoms with Gasteiger partial charge in [0.25, 0.3) is 0 Å². The number of benzene rings is 3. The highest BCUT2D eigenvalue weighted by Gasteiger charge is 2.14. The smallest absolute Gasteiger partial charge is 0.159 e. The summed E-state index contributed by atoms with van der Waals surface area (Å²) in [5, 5.41) is 4.40. The summed E-state index contributed by atoms with van der Waals surface area (Å²) in [5.41, 5.74) is 5.37. The molecule has 1 saturated heterocycles. The van der Waals surface area contributed by atoms with Crippen molar-refractivity contribution in [1.29, 1.82) is 0 Å². The first-order chi connectivity index (χ1) is 15.6. The second-order valence-corrected chi connectivity index (χ2v) is 8.18. The summed E-state index contributed by atoms with van der Waals surface area (Å²) in [7, 11) is 2.15. The monoisotopic (exact) mass is 430 g/mol. The molecule has 0 bridgehead atoms. The van der Waals surface area contributed by atoms with Crippen LogP contribution >= 0.6 is 0 Å². The molecular formula is C26H24F2N4. The van der Waals surface area contributed by atoms with Crippen LogP contribution in [0.5, 0.6) is 0 Å². The molecule has 1 aliphatic heterocycles. The molecule has 5 rings (SSSR count). The van der Waals surface area contributed by atoms with Gasteiger partial charge in [0.1, 0.15) is 0 Å². The number of nitrogens with one attached hydrogen (secondary N) is 1. The Labute approximate surface area is 186 Å². The fraction of sp³-hybridized carbons (Fsp3) is 0.192. The first kappa shape index (κ1) is 20.4. The highest BCUT2D eigenvalue weighted by atomic mass is 19.2. The van der Waals surface area contributed by atoms with Gasteiger partial charge in [-0.1, -0.05) is 12.1 Å². The zero-order valence-electron chi connectivity index (χ0n) is 17.9. The first-order valence-electron chi connectivity index (χ1n) is 10.7. The van der Waals surface area contributed by atoms with Crippen molar-refractivity contribution in [3.05, 3.63) is 84.6 Å². The van der Waals surface area contributed by atoms with Crippen LogP contribution in [-0.2, 0) is 0 Å². The second kappa shape index (κ2) is 8.55. The van der Waals surface area contributed by atoms with Crippen molar-refractivity contribution in [2.45, 2.75) is 0 Å². The van der Waals surface area contributed by atoms with E-state index in [9.17, 15) is 8.78 Å². The van der Waals surface area contributed by atoms with E-state index >= 15 is 0 Å². The largest absolute Gasteiger partial charge is 0.369 e. The van der Waals surface area contributed by atoms with Crippen molar-refractivity contribution in [3.63, 3.8) is 0 Å². The zero-order chi connectivity index (χ0) is 22.1. The van der Waals surface area contributed by atoms with Gasteiger partial charge in [-0.3, -0.25) is 4.98 Å². The lowest BCUT2D eigenvalue weighted by Crippen LogP contribution is -2.44. The van der Waals surface area contributed by atoms with Crippen LogP contribution in [0, 0.1) is 11.6 Å². The molecule has 4 aromatic rings. The number of hydrogen-bond acceptors (Lipinski definition) is 4. The van der Waals surface area contributed by atoms with Gasteiger partial charge in [0.2, 0.25) is 0 Å². The SMILES string of the molecule is CN1CCN(c2ccc(Nc3ccnc4ccc(-c5ccc(F)c(F)c5)cc34)cc2)CC1. The number of anilines is 3. The Morgan fingerprint density at radius 2 is 1.50 bits per heavy atom. The molecule has 1 fully saturated rings. The molecule has 3 aromatic carbocycles. The van der Waals surface area contributed by atoms with Gasteiger partial charge in [0.05, 0.1) is 5.52 Å². The normalized spacial score (nSPS) is 14.7. The molecule has 0 atom stereocenters. The average molecular weight is 431 g/mol. The maximum Gasteiger partial charge on any atom is 0.159 e. The van der Waals surface area contributed by atoms with Crippen LogP contribution in [0.3, 0.4) is 0 Å². The van der Waals surface area contributed by atoms with Gasteiger partial charge < -0.3 is 15.1 Å². The third kappa shape index (κ3) is 4.14. The minimum absolute atomic E-state index is 0.622. The summed E-state index contributed by atoms with van der Waals surface area (Å²) in [6.07, 6.45) is 1.76. The third-order valence-electron chi connectivity index (χ3n) is 6.01. The van der Waals surface area contributed by atoms with E-state index in [4.69, 9.17) is 0 Å². The van der Waals surface area contributed by atoms with E-state index in [2.05, 4.69) is 51.4 Å². The fourth-order valence-electron chi connectivity index (χ4n) is 4.09. The van der Waals surface area contributed by atoms with Gasteiger partial charge in [-0.2, -0.15) is 0 Å². The lowest BCUT2D eigenvalue weighted by Gasteiger charge is -2.34. The number of fused-ring (bicyclic) bond motifs is 1. The van der Waals surface area contributed by atoms with E-state index < -0.39 is 11.6 Å². The van der Waals surface area contributed by atoms with E-state index in [0.717, 1.165) is 60.1 Å². The van der Waals surface area contributed by atoms with Crippen molar-refractivity contribution in [3.8, 4) is 11.1 Å². The van der Waals surface area contributed by atoms with Crippen molar-refractivity contribution in [2.24, 2.45) is 0 Å². The molecule has 2 heterocycles. The molecule has 0 spiro atoms. The minimum Gasteiger partial charge on any atom is -0.369 e. The lowest BCUT2D eigenvalue weighted by atomic mass is 10.0. The molecule has 162 valence electrons. The van der Waals surface area contributed by atoms with E-state index in [-0.39, 0.29) is 0 Å². The summed E-state index contributed by atoms with van der Waals surface area (Å²) in [5.74, 6) is -1.70. The molecule has 1 aliphatic rings. The molecule has 0 radical (unpaired) electrons.